The summed E-state index contributed by atoms with van der Waals surface area (Å²) < 4.78 is 7.10. The number of thiophene rings is 1. The van der Waals surface area contributed by atoms with E-state index in [9.17, 15) is 0 Å². The van der Waals surface area contributed by atoms with Gasteiger partial charge in [-0.3, -0.25) is 0 Å². The minimum Gasteiger partial charge on any atom is -0.371 e. The second-order valence-corrected chi connectivity index (χ2v) is 6.81. The molecular weight excluding hydrogens is 286 g/mol. The van der Waals surface area contributed by atoms with E-state index in [-0.39, 0.29) is 5.60 Å². The van der Waals surface area contributed by atoms with Crippen molar-refractivity contribution in [1.82, 2.24) is 5.32 Å². The molecule has 0 aromatic carbocycles. The summed E-state index contributed by atoms with van der Waals surface area (Å²) in [6.07, 6.45) is 2.73. The Hall–Kier alpha value is 0.1000. The van der Waals surface area contributed by atoms with E-state index in [4.69, 9.17) is 4.74 Å². The fraction of sp³-hybridized carbons (Fsp3) is 0.667. The molecule has 1 aliphatic rings. The minimum atomic E-state index is 0.0817. The highest BCUT2D eigenvalue weighted by atomic mass is 79.9. The Labute approximate surface area is 110 Å². The minimum absolute atomic E-state index is 0.0817. The van der Waals surface area contributed by atoms with Crippen LogP contribution in [0.4, 0.5) is 0 Å². The van der Waals surface area contributed by atoms with Crippen molar-refractivity contribution in [3.05, 3.63) is 20.8 Å². The van der Waals surface area contributed by atoms with E-state index in [0.29, 0.717) is 6.10 Å². The standard InChI is InChI=1S/C12H18BrNOS/c1-12(2)4-3-10(15-12)6-14-7-11-5-9(13)8-16-11/h5,8,10,14H,3-4,6-7H2,1-2H3. The number of halogens is 1. The molecule has 0 radical (unpaired) electrons. The molecule has 2 nitrogen and oxygen atoms in total. The van der Waals surface area contributed by atoms with E-state index in [2.05, 4.69) is 46.5 Å². The van der Waals surface area contributed by atoms with Gasteiger partial charge in [0, 0.05) is 27.8 Å². The molecule has 1 unspecified atom stereocenters. The van der Waals surface area contributed by atoms with Crippen LogP contribution >= 0.6 is 27.3 Å². The monoisotopic (exact) mass is 303 g/mol. The lowest BCUT2D eigenvalue weighted by Crippen LogP contribution is -2.28. The van der Waals surface area contributed by atoms with Crippen LogP contribution in [-0.4, -0.2) is 18.2 Å². The molecule has 16 heavy (non-hydrogen) atoms. The molecule has 0 amide bonds. The predicted molar refractivity (Wildman–Crippen MR) is 71.9 cm³/mol. The molecule has 0 spiro atoms. The first-order chi connectivity index (χ1) is 7.55. The molecular formula is C12H18BrNOS. The maximum Gasteiger partial charge on any atom is 0.0707 e. The summed E-state index contributed by atoms with van der Waals surface area (Å²) in [5, 5.41) is 5.58. The van der Waals surface area contributed by atoms with Gasteiger partial charge in [0.1, 0.15) is 0 Å². The maximum absolute atomic E-state index is 5.92. The van der Waals surface area contributed by atoms with Gasteiger partial charge < -0.3 is 10.1 Å². The van der Waals surface area contributed by atoms with Gasteiger partial charge in [0.2, 0.25) is 0 Å². The molecule has 1 saturated heterocycles. The molecule has 0 bridgehead atoms. The summed E-state index contributed by atoms with van der Waals surface area (Å²) in [5.74, 6) is 0. The van der Waals surface area contributed by atoms with Gasteiger partial charge in [-0.15, -0.1) is 11.3 Å². The van der Waals surface area contributed by atoms with Gasteiger partial charge in [0.05, 0.1) is 11.7 Å². The van der Waals surface area contributed by atoms with Crippen molar-refractivity contribution < 1.29 is 4.74 Å². The van der Waals surface area contributed by atoms with E-state index < -0.39 is 0 Å². The molecule has 1 N–H and O–H groups in total. The Bertz CT molecular complexity index is 351. The molecule has 1 atom stereocenters. The summed E-state index contributed by atoms with van der Waals surface area (Å²) >= 11 is 5.24. The van der Waals surface area contributed by atoms with E-state index in [1.807, 2.05) is 0 Å². The van der Waals surface area contributed by atoms with Crippen molar-refractivity contribution in [3.8, 4) is 0 Å². The molecule has 1 fully saturated rings. The van der Waals surface area contributed by atoms with Crippen molar-refractivity contribution in [1.29, 1.82) is 0 Å². The second-order valence-electron chi connectivity index (χ2n) is 4.90. The quantitative estimate of drug-likeness (QED) is 0.918. The van der Waals surface area contributed by atoms with Gasteiger partial charge >= 0.3 is 0 Å². The van der Waals surface area contributed by atoms with Gasteiger partial charge in [-0.1, -0.05) is 0 Å². The van der Waals surface area contributed by atoms with Gasteiger partial charge in [-0.2, -0.15) is 0 Å². The van der Waals surface area contributed by atoms with Crippen LogP contribution in [0.15, 0.2) is 15.9 Å². The van der Waals surface area contributed by atoms with E-state index in [0.717, 1.165) is 13.1 Å². The molecule has 2 heterocycles. The van der Waals surface area contributed by atoms with Crippen LogP contribution in [0.3, 0.4) is 0 Å². The van der Waals surface area contributed by atoms with E-state index in [1.165, 1.54) is 22.2 Å². The lowest BCUT2D eigenvalue weighted by molar-refractivity contribution is -0.0142. The van der Waals surface area contributed by atoms with Crippen LogP contribution in [0.25, 0.3) is 0 Å². The van der Waals surface area contributed by atoms with Crippen LogP contribution in [0.2, 0.25) is 0 Å². The zero-order chi connectivity index (χ0) is 11.6. The van der Waals surface area contributed by atoms with Crippen molar-refractivity contribution in [2.24, 2.45) is 0 Å². The third-order valence-electron chi connectivity index (χ3n) is 2.85. The topological polar surface area (TPSA) is 21.3 Å². The van der Waals surface area contributed by atoms with E-state index in [1.54, 1.807) is 11.3 Å². The molecule has 4 heteroatoms. The first-order valence-electron chi connectivity index (χ1n) is 5.67. The highest BCUT2D eigenvalue weighted by Gasteiger charge is 2.30. The van der Waals surface area contributed by atoms with Gasteiger partial charge in [-0.05, 0) is 48.7 Å². The smallest absolute Gasteiger partial charge is 0.0707 e. The highest BCUT2D eigenvalue weighted by molar-refractivity contribution is 9.10. The van der Waals surface area contributed by atoms with E-state index >= 15 is 0 Å². The third-order valence-corrected chi connectivity index (χ3v) is 4.54. The Balaban J connectivity index is 1.69. The molecule has 1 aromatic rings. The SMILES string of the molecule is CC1(C)CCC(CNCc2cc(Br)cs2)O1. The highest BCUT2D eigenvalue weighted by Crippen LogP contribution is 2.29. The Morgan fingerprint density at radius 2 is 2.44 bits per heavy atom. The fourth-order valence-corrected chi connectivity index (χ4v) is 3.44. The van der Waals surface area contributed by atoms with Gasteiger partial charge in [-0.25, -0.2) is 0 Å². The lowest BCUT2D eigenvalue weighted by Gasteiger charge is -2.19. The summed E-state index contributed by atoms with van der Waals surface area (Å²) in [4.78, 5) is 1.36. The predicted octanol–water partition coefficient (Wildman–Crippen LogP) is 3.56. The summed E-state index contributed by atoms with van der Waals surface area (Å²) in [5.41, 5.74) is 0.0817. The number of hydrogen-bond donors (Lipinski definition) is 1. The first kappa shape index (κ1) is 12.6. The van der Waals surface area contributed by atoms with Crippen LogP contribution in [0.5, 0.6) is 0 Å². The number of rotatable bonds is 4. The second kappa shape index (κ2) is 5.17. The molecule has 0 saturated carbocycles. The summed E-state index contributed by atoms with van der Waals surface area (Å²) in [7, 11) is 0. The Morgan fingerprint density at radius 1 is 1.62 bits per heavy atom. The lowest BCUT2D eigenvalue weighted by atomic mass is 10.1. The molecule has 0 aliphatic carbocycles. The summed E-state index contributed by atoms with van der Waals surface area (Å²) in [6, 6.07) is 2.16. The van der Waals surface area contributed by atoms with Gasteiger partial charge in [0.25, 0.3) is 0 Å². The summed E-state index contributed by atoms with van der Waals surface area (Å²) in [6.45, 7) is 6.24. The van der Waals surface area contributed by atoms with Crippen LogP contribution in [-0.2, 0) is 11.3 Å². The van der Waals surface area contributed by atoms with Crippen molar-refractivity contribution in [3.63, 3.8) is 0 Å². The van der Waals surface area contributed by atoms with Crippen LogP contribution < -0.4 is 5.32 Å². The normalized spacial score (nSPS) is 23.8. The van der Waals surface area contributed by atoms with Crippen LogP contribution in [0.1, 0.15) is 31.6 Å². The molecule has 1 aliphatic heterocycles. The van der Waals surface area contributed by atoms with Crippen molar-refractivity contribution in [2.45, 2.75) is 44.9 Å². The average molecular weight is 304 g/mol. The van der Waals surface area contributed by atoms with Gasteiger partial charge in [0.15, 0.2) is 0 Å². The third kappa shape index (κ3) is 3.55. The molecule has 90 valence electrons. The largest absolute Gasteiger partial charge is 0.371 e. The van der Waals surface area contributed by atoms with Crippen molar-refractivity contribution >= 4 is 27.3 Å². The first-order valence-corrected chi connectivity index (χ1v) is 7.34. The van der Waals surface area contributed by atoms with Crippen molar-refractivity contribution in [2.75, 3.05) is 6.54 Å². The maximum atomic E-state index is 5.92. The molecule has 1 aromatic heterocycles. The molecule has 2 rings (SSSR count). The fourth-order valence-electron chi connectivity index (χ4n) is 2.02. The average Bonchev–Trinajstić information content (AvgIpc) is 2.73. The zero-order valence-electron chi connectivity index (χ0n) is 9.75. The number of nitrogens with one attached hydrogen (secondary N) is 1. The number of ether oxygens (including phenoxy) is 1. The Kier molecular flexibility index (Phi) is 4.06. The van der Waals surface area contributed by atoms with Crippen LogP contribution in [0, 0.1) is 0 Å². The zero-order valence-corrected chi connectivity index (χ0v) is 12.2. The number of hydrogen-bond acceptors (Lipinski definition) is 3. The Morgan fingerprint density at radius 3 is 3.00 bits per heavy atom.